The van der Waals surface area contributed by atoms with Crippen LogP contribution in [0.3, 0.4) is 0 Å². The number of Topliss-reactive ketones (excluding diaryl/α,β-unsaturated/α-hetero) is 1. The third-order valence-corrected chi connectivity index (χ3v) is 6.20. The molecule has 6 heteroatoms. The van der Waals surface area contributed by atoms with Gasteiger partial charge in [-0.05, 0) is 41.7 Å². The Balaban J connectivity index is 1.69. The Morgan fingerprint density at radius 1 is 1.06 bits per heavy atom. The van der Waals surface area contributed by atoms with Crippen molar-refractivity contribution in [1.29, 1.82) is 5.26 Å². The third kappa shape index (κ3) is 5.15. The minimum Gasteiger partial charge on any atom is -0.296 e. The summed E-state index contributed by atoms with van der Waals surface area (Å²) >= 11 is 0. The van der Waals surface area contributed by atoms with Gasteiger partial charge in [0.25, 0.3) is 0 Å². The summed E-state index contributed by atoms with van der Waals surface area (Å²) in [6, 6.07) is 27.1. The number of unbranched alkanes of at least 4 members (excludes halogenated alkanes) is 1. The lowest BCUT2D eigenvalue weighted by atomic mass is 9.99. The molecular weight excluding hydrogens is 434 g/mol. The predicted octanol–water partition coefficient (Wildman–Crippen LogP) is 4.86. The summed E-state index contributed by atoms with van der Waals surface area (Å²) in [6.45, 7) is 4.27. The Morgan fingerprint density at radius 2 is 1.74 bits per heavy atom. The van der Waals surface area contributed by atoms with Gasteiger partial charge in [-0.1, -0.05) is 91.2 Å². The summed E-state index contributed by atoms with van der Waals surface area (Å²) < 4.78 is 3.67. The molecule has 3 aromatic carbocycles. The number of nitriles is 1. The minimum absolute atomic E-state index is 0.0138. The molecule has 0 bridgehead atoms. The molecule has 0 aliphatic carbocycles. The zero-order valence-corrected chi connectivity index (χ0v) is 20.2. The number of ketones is 1. The first-order valence-electron chi connectivity index (χ1n) is 11.9. The molecule has 0 radical (unpaired) electrons. The Bertz CT molecular complexity index is 1350. The first-order chi connectivity index (χ1) is 17.0. The molecule has 176 valence electrons. The summed E-state index contributed by atoms with van der Waals surface area (Å²) in [6.07, 6.45) is 2.80. The lowest BCUT2D eigenvalue weighted by molar-refractivity contribution is -0.741. The van der Waals surface area contributed by atoms with Crippen molar-refractivity contribution in [3.8, 4) is 17.2 Å². The Labute approximate surface area is 206 Å². The van der Waals surface area contributed by atoms with E-state index < -0.39 is 6.04 Å². The second-order valence-electron chi connectivity index (χ2n) is 8.69. The van der Waals surface area contributed by atoms with Crippen molar-refractivity contribution in [3.05, 3.63) is 101 Å². The van der Waals surface area contributed by atoms with E-state index in [9.17, 15) is 10.1 Å². The topological polar surface area (TPSA) is 88.6 Å². The van der Waals surface area contributed by atoms with Gasteiger partial charge in [0, 0.05) is 6.42 Å². The number of aromatic nitrogens is 3. The largest absolute Gasteiger partial charge is 0.377 e. The average Bonchev–Trinajstić information content (AvgIpc) is 3.18. The van der Waals surface area contributed by atoms with E-state index in [0.717, 1.165) is 47.3 Å². The number of carbonyl (C=O) groups excluding carboxylic acids is 1. The highest BCUT2D eigenvalue weighted by molar-refractivity contribution is 5.81. The van der Waals surface area contributed by atoms with Gasteiger partial charge in [0.1, 0.15) is 0 Å². The van der Waals surface area contributed by atoms with Crippen molar-refractivity contribution < 1.29 is 9.48 Å². The molecule has 1 heterocycles. The molecule has 1 atom stereocenters. The standard InChI is InChI=1S/C29H29N5O/c1-3-4-14-27-32-34(28(21(2)35)24-10-6-5-7-11-24)29(31)33(27)20-22-15-17-23(18-16-22)26-13-9-8-12-25(26)19-30/h5-13,15-18,28,31H,3-4,14,20H2,1-2H3/p+1. The highest BCUT2D eigenvalue weighted by Gasteiger charge is 2.31. The molecule has 0 saturated carbocycles. The molecule has 0 fully saturated rings. The van der Waals surface area contributed by atoms with Crippen molar-refractivity contribution in [2.75, 3.05) is 5.73 Å². The van der Waals surface area contributed by atoms with Crippen LogP contribution in [0.1, 0.15) is 55.2 Å². The fourth-order valence-electron chi connectivity index (χ4n) is 4.36. The van der Waals surface area contributed by atoms with E-state index in [1.807, 2.05) is 71.3 Å². The van der Waals surface area contributed by atoms with Gasteiger partial charge in [0.05, 0.1) is 18.2 Å². The molecular formula is C29H30N5O+. The summed E-state index contributed by atoms with van der Waals surface area (Å²) in [7, 11) is 0. The van der Waals surface area contributed by atoms with Gasteiger partial charge >= 0.3 is 5.95 Å². The van der Waals surface area contributed by atoms with E-state index in [2.05, 4.69) is 25.1 Å². The maximum atomic E-state index is 12.7. The predicted molar refractivity (Wildman–Crippen MR) is 136 cm³/mol. The van der Waals surface area contributed by atoms with Crippen LogP contribution in [0, 0.1) is 11.3 Å². The summed E-state index contributed by atoms with van der Waals surface area (Å²) in [5.41, 5.74) is 11.1. The fraction of sp³-hybridized carbons (Fsp3) is 0.241. The Hall–Kier alpha value is -4.24. The van der Waals surface area contributed by atoms with Crippen molar-refractivity contribution in [1.82, 2.24) is 9.67 Å². The second kappa shape index (κ2) is 10.8. The highest BCUT2D eigenvalue weighted by atomic mass is 16.1. The van der Waals surface area contributed by atoms with E-state index in [4.69, 9.17) is 10.8 Å². The van der Waals surface area contributed by atoms with Gasteiger partial charge in [-0.2, -0.15) is 5.26 Å². The Kier molecular flexibility index (Phi) is 7.37. The van der Waals surface area contributed by atoms with Crippen LogP contribution in [0.5, 0.6) is 0 Å². The van der Waals surface area contributed by atoms with Crippen LogP contribution in [0.2, 0.25) is 0 Å². The van der Waals surface area contributed by atoms with Gasteiger partial charge in [0.2, 0.25) is 5.82 Å². The first-order valence-corrected chi connectivity index (χ1v) is 11.9. The van der Waals surface area contributed by atoms with Crippen LogP contribution < -0.4 is 10.4 Å². The smallest absolute Gasteiger partial charge is 0.296 e. The van der Waals surface area contributed by atoms with Crippen LogP contribution in [0.4, 0.5) is 5.95 Å². The number of nitrogens with zero attached hydrogens (tertiary/aromatic N) is 4. The zero-order chi connectivity index (χ0) is 24.8. The minimum atomic E-state index is -0.567. The molecule has 0 aliphatic heterocycles. The molecule has 4 rings (SSSR count). The summed E-state index contributed by atoms with van der Waals surface area (Å²) in [5, 5.41) is 14.3. The van der Waals surface area contributed by atoms with E-state index in [-0.39, 0.29) is 5.78 Å². The van der Waals surface area contributed by atoms with Crippen LogP contribution in [-0.2, 0) is 17.8 Å². The van der Waals surface area contributed by atoms with Gasteiger partial charge in [0.15, 0.2) is 11.8 Å². The van der Waals surface area contributed by atoms with Crippen molar-refractivity contribution in [2.45, 2.75) is 45.7 Å². The van der Waals surface area contributed by atoms with Crippen molar-refractivity contribution in [2.24, 2.45) is 0 Å². The SMILES string of the molecule is CCCCc1n[n+](C(C(C)=O)c2ccccc2)c(N)n1Cc1ccc(-c2ccccc2C#N)cc1. The molecule has 2 N–H and O–H groups in total. The maximum absolute atomic E-state index is 12.7. The van der Waals surface area contributed by atoms with E-state index >= 15 is 0 Å². The fourth-order valence-corrected chi connectivity index (χ4v) is 4.36. The van der Waals surface area contributed by atoms with Gasteiger partial charge in [-0.25, -0.2) is 4.57 Å². The molecule has 0 aliphatic rings. The average molecular weight is 465 g/mol. The molecule has 0 amide bonds. The van der Waals surface area contributed by atoms with Crippen LogP contribution in [-0.4, -0.2) is 15.4 Å². The number of anilines is 1. The zero-order valence-electron chi connectivity index (χ0n) is 20.2. The highest BCUT2D eigenvalue weighted by Crippen LogP contribution is 2.24. The summed E-state index contributed by atoms with van der Waals surface area (Å²) in [5.74, 6) is 1.31. The molecule has 6 nitrogen and oxygen atoms in total. The normalized spacial score (nSPS) is 11.7. The number of nitrogen functional groups attached to an aromatic ring is 1. The molecule has 35 heavy (non-hydrogen) atoms. The number of nitrogens with two attached hydrogens (primary N) is 1. The Morgan fingerprint density at radius 3 is 2.40 bits per heavy atom. The maximum Gasteiger partial charge on any atom is 0.377 e. The number of aryl methyl sites for hydroxylation is 1. The van der Waals surface area contributed by atoms with Gasteiger partial charge < -0.3 is 0 Å². The second-order valence-corrected chi connectivity index (χ2v) is 8.69. The van der Waals surface area contributed by atoms with E-state index in [0.29, 0.717) is 18.1 Å². The number of hydrogen-bond acceptors (Lipinski definition) is 4. The number of rotatable bonds is 9. The number of carbonyl (C=O) groups is 1. The molecule has 0 spiro atoms. The van der Waals surface area contributed by atoms with Crippen molar-refractivity contribution in [3.63, 3.8) is 0 Å². The number of benzene rings is 3. The summed E-state index contributed by atoms with van der Waals surface area (Å²) in [4.78, 5) is 12.7. The first kappa shape index (κ1) is 23.9. The van der Waals surface area contributed by atoms with Crippen LogP contribution in [0.25, 0.3) is 11.1 Å². The quantitative estimate of drug-likeness (QED) is 0.358. The van der Waals surface area contributed by atoms with E-state index in [1.165, 1.54) is 0 Å². The molecule has 4 aromatic rings. The monoisotopic (exact) mass is 464 g/mol. The van der Waals surface area contributed by atoms with E-state index in [1.54, 1.807) is 11.6 Å². The lowest BCUT2D eigenvalue weighted by Gasteiger charge is -2.11. The molecule has 1 unspecified atom stereocenters. The van der Waals surface area contributed by atoms with Crippen molar-refractivity contribution >= 4 is 11.7 Å². The molecule has 1 aromatic heterocycles. The van der Waals surface area contributed by atoms with Gasteiger partial charge in [-0.3, -0.25) is 10.5 Å². The third-order valence-electron chi connectivity index (χ3n) is 6.20. The lowest BCUT2D eigenvalue weighted by Crippen LogP contribution is -2.48. The van der Waals surface area contributed by atoms with Gasteiger partial charge in [-0.15, -0.1) is 4.68 Å². The number of hydrogen-bond donors (Lipinski definition) is 1. The van der Waals surface area contributed by atoms with Crippen LogP contribution >= 0.6 is 0 Å². The molecule has 0 saturated heterocycles. The van der Waals surface area contributed by atoms with Crippen LogP contribution in [0.15, 0.2) is 78.9 Å².